The summed E-state index contributed by atoms with van der Waals surface area (Å²) in [6.07, 6.45) is 2.78. The van der Waals surface area contributed by atoms with E-state index in [1.165, 1.54) is 5.56 Å². The van der Waals surface area contributed by atoms with Crippen molar-refractivity contribution < 1.29 is 14.2 Å². The molecule has 2 aliphatic rings. The molecule has 0 saturated heterocycles. The van der Waals surface area contributed by atoms with Crippen LogP contribution in [0.5, 0.6) is 17.2 Å². The van der Waals surface area contributed by atoms with E-state index < -0.39 is 0 Å². The number of benzene rings is 1. The fourth-order valence-electron chi connectivity index (χ4n) is 1.95. The first-order valence-corrected chi connectivity index (χ1v) is 4.89. The molecule has 0 atom stereocenters. The Labute approximate surface area is 87.5 Å². The summed E-state index contributed by atoms with van der Waals surface area (Å²) in [5.41, 5.74) is 2.25. The van der Waals surface area contributed by atoms with E-state index in [1.54, 1.807) is 7.11 Å². The quantitative estimate of drug-likeness (QED) is 0.695. The van der Waals surface area contributed by atoms with Gasteiger partial charge in [0, 0.05) is 18.3 Å². The third-order valence-corrected chi connectivity index (χ3v) is 2.68. The Morgan fingerprint density at radius 2 is 2.20 bits per heavy atom. The molecule has 1 aromatic carbocycles. The smallest absolute Gasteiger partial charge is 0.231 e. The lowest BCUT2D eigenvalue weighted by Crippen LogP contribution is -2.04. The number of methoxy groups -OCH3 is 1. The molecule has 0 aromatic heterocycles. The van der Waals surface area contributed by atoms with Crippen LogP contribution < -0.4 is 14.2 Å². The summed E-state index contributed by atoms with van der Waals surface area (Å²) < 4.78 is 16.1. The lowest BCUT2D eigenvalue weighted by Gasteiger charge is -2.14. The molecule has 2 aliphatic heterocycles. The van der Waals surface area contributed by atoms with Crippen molar-refractivity contribution in [3.8, 4) is 17.2 Å². The van der Waals surface area contributed by atoms with Gasteiger partial charge in [-0.3, -0.25) is 4.99 Å². The molecule has 0 fully saturated rings. The molecule has 0 saturated carbocycles. The van der Waals surface area contributed by atoms with Crippen LogP contribution in [0.15, 0.2) is 11.1 Å². The molecule has 0 aliphatic carbocycles. The van der Waals surface area contributed by atoms with Gasteiger partial charge >= 0.3 is 0 Å². The Morgan fingerprint density at radius 3 is 3.07 bits per heavy atom. The van der Waals surface area contributed by atoms with Gasteiger partial charge in [-0.1, -0.05) is 0 Å². The molecule has 15 heavy (non-hydrogen) atoms. The Kier molecular flexibility index (Phi) is 1.80. The molecule has 0 bridgehead atoms. The van der Waals surface area contributed by atoms with Crippen molar-refractivity contribution in [1.82, 2.24) is 0 Å². The molecule has 1 aromatic rings. The van der Waals surface area contributed by atoms with Crippen LogP contribution in [0.4, 0.5) is 0 Å². The predicted molar refractivity (Wildman–Crippen MR) is 55.3 cm³/mol. The van der Waals surface area contributed by atoms with Crippen LogP contribution in [0, 0.1) is 0 Å². The molecule has 0 unspecified atom stereocenters. The third kappa shape index (κ3) is 1.17. The number of nitrogens with zero attached hydrogens (tertiary/aromatic N) is 1. The van der Waals surface area contributed by atoms with Gasteiger partial charge in [0.25, 0.3) is 0 Å². The van der Waals surface area contributed by atoms with Gasteiger partial charge in [0.15, 0.2) is 11.5 Å². The highest BCUT2D eigenvalue weighted by atomic mass is 16.7. The first kappa shape index (κ1) is 8.59. The predicted octanol–water partition coefficient (Wildman–Crippen LogP) is 1.40. The molecule has 0 spiro atoms. The summed E-state index contributed by atoms with van der Waals surface area (Å²) in [7, 11) is 1.64. The molecule has 78 valence electrons. The number of ether oxygens (including phenoxy) is 3. The van der Waals surface area contributed by atoms with E-state index in [0.717, 1.165) is 30.0 Å². The van der Waals surface area contributed by atoms with Crippen LogP contribution in [-0.4, -0.2) is 26.7 Å². The lowest BCUT2D eigenvalue weighted by atomic mass is 10.0. The normalized spacial score (nSPS) is 16.3. The average Bonchev–Trinajstić information content (AvgIpc) is 2.77. The van der Waals surface area contributed by atoms with E-state index in [4.69, 9.17) is 14.2 Å². The minimum atomic E-state index is 0.260. The van der Waals surface area contributed by atoms with Crippen molar-refractivity contribution in [1.29, 1.82) is 0 Å². The van der Waals surface area contributed by atoms with Crippen LogP contribution >= 0.6 is 0 Å². The zero-order chi connectivity index (χ0) is 10.3. The van der Waals surface area contributed by atoms with Crippen LogP contribution in [0.1, 0.15) is 11.1 Å². The number of aliphatic imine (C=N–C) groups is 1. The summed E-state index contributed by atoms with van der Waals surface area (Å²) >= 11 is 0. The molecule has 3 rings (SSSR count). The topological polar surface area (TPSA) is 40.0 Å². The number of fused-ring (bicyclic) bond motifs is 3. The maximum atomic E-state index is 5.45. The summed E-state index contributed by atoms with van der Waals surface area (Å²) in [5, 5.41) is 0. The van der Waals surface area contributed by atoms with Crippen LogP contribution in [0.3, 0.4) is 0 Å². The summed E-state index contributed by atoms with van der Waals surface area (Å²) in [4.78, 5) is 4.25. The highest BCUT2D eigenvalue weighted by Crippen LogP contribution is 2.45. The van der Waals surface area contributed by atoms with Gasteiger partial charge in [-0.05, 0) is 18.1 Å². The molecular weight excluding hydrogens is 194 g/mol. The second kappa shape index (κ2) is 3.15. The number of rotatable bonds is 1. The Balaban J connectivity index is 2.25. The van der Waals surface area contributed by atoms with E-state index in [1.807, 2.05) is 12.3 Å². The molecule has 4 heteroatoms. The minimum absolute atomic E-state index is 0.260. The highest BCUT2D eigenvalue weighted by Gasteiger charge is 2.25. The van der Waals surface area contributed by atoms with Gasteiger partial charge in [-0.2, -0.15) is 0 Å². The molecule has 4 nitrogen and oxygen atoms in total. The lowest BCUT2D eigenvalue weighted by molar-refractivity contribution is 0.171. The zero-order valence-corrected chi connectivity index (χ0v) is 8.45. The number of hydrogen-bond acceptors (Lipinski definition) is 4. The van der Waals surface area contributed by atoms with Gasteiger partial charge in [-0.15, -0.1) is 0 Å². The van der Waals surface area contributed by atoms with E-state index in [9.17, 15) is 0 Å². The monoisotopic (exact) mass is 205 g/mol. The molecule has 0 radical (unpaired) electrons. The van der Waals surface area contributed by atoms with E-state index in [0.29, 0.717) is 5.75 Å². The van der Waals surface area contributed by atoms with Crippen LogP contribution in [0.25, 0.3) is 0 Å². The Hall–Kier alpha value is -1.71. The van der Waals surface area contributed by atoms with Gasteiger partial charge in [0.1, 0.15) is 0 Å². The number of hydrogen-bond donors (Lipinski definition) is 0. The summed E-state index contributed by atoms with van der Waals surface area (Å²) in [5.74, 6) is 2.22. The molecule has 0 N–H and O–H groups in total. The summed E-state index contributed by atoms with van der Waals surface area (Å²) in [6.45, 7) is 1.09. The van der Waals surface area contributed by atoms with Gasteiger partial charge in [-0.25, -0.2) is 0 Å². The highest BCUT2D eigenvalue weighted by molar-refractivity contribution is 5.89. The minimum Gasteiger partial charge on any atom is -0.493 e. The maximum Gasteiger partial charge on any atom is 0.231 e. The van der Waals surface area contributed by atoms with Crippen molar-refractivity contribution >= 4 is 6.21 Å². The van der Waals surface area contributed by atoms with Crippen LogP contribution in [0.2, 0.25) is 0 Å². The second-order valence-electron chi connectivity index (χ2n) is 3.50. The largest absolute Gasteiger partial charge is 0.493 e. The maximum absolute atomic E-state index is 5.45. The van der Waals surface area contributed by atoms with E-state index in [-0.39, 0.29) is 6.79 Å². The first-order chi connectivity index (χ1) is 7.40. The van der Waals surface area contributed by atoms with Gasteiger partial charge in [0.2, 0.25) is 12.5 Å². The Bertz CT molecular complexity index is 440. The van der Waals surface area contributed by atoms with Crippen molar-refractivity contribution in [3.63, 3.8) is 0 Å². The van der Waals surface area contributed by atoms with Crippen molar-refractivity contribution in [2.24, 2.45) is 4.99 Å². The van der Waals surface area contributed by atoms with E-state index >= 15 is 0 Å². The molecule has 2 heterocycles. The standard InChI is InChI=1S/C11H11NO3/c1-13-9-4-7-2-3-12-5-8(7)10-11(9)15-6-14-10/h4-5H,2-3,6H2,1H3. The van der Waals surface area contributed by atoms with Gasteiger partial charge in [0.05, 0.1) is 7.11 Å². The van der Waals surface area contributed by atoms with Crippen molar-refractivity contribution in [2.75, 3.05) is 20.4 Å². The Morgan fingerprint density at radius 1 is 1.33 bits per heavy atom. The summed E-state index contributed by atoms with van der Waals surface area (Å²) in [6, 6.07) is 2.01. The zero-order valence-electron chi connectivity index (χ0n) is 8.45. The average molecular weight is 205 g/mol. The molecular formula is C11H11NO3. The fraction of sp³-hybridized carbons (Fsp3) is 0.364. The second-order valence-corrected chi connectivity index (χ2v) is 3.50. The van der Waals surface area contributed by atoms with Crippen molar-refractivity contribution in [2.45, 2.75) is 6.42 Å². The fourth-order valence-corrected chi connectivity index (χ4v) is 1.95. The molecule has 0 amide bonds. The SMILES string of the molecule is COc1cc2c(c3c1OCO3)C=NCC2. The van der Waals surface area contributed by atoms with E-state index in [2.05, 4.69) is 4.99 Å². The van der Waals surface area contributed by atoms with Crippen molar-refractivity contribution in [3.05, 3.63) is 17.2 Å². The van der Waals surface area contributed by atoms with Crippen LogP contribution in [-0.2, 0) is 6.42 Å². The third-order valence-electron chi connectivity index (χ3n) is 2.68. The first-order valence-electron chi connectivity index (χ1n) is 4.89. The van der Waals surface area contributed by atoms with Gasteiger partial charge < -0.3 is 14.2 Å².